The number of amides is 2. The molecule has 1 N–H and O–H groups in total. The summed E-state index contributed by atoms with van der Waals surface area (Å²) in [5.41, 5.74) is 4.07. The molecule has 32 heavy (non-hydrogen) atoms. The molecule has 1 fully saturated rings. The number of carbonyl (C=O) groups is 2. The molecule has 1 aromatic carbocycles. The van der Waals surface area contributed by atoms with E-state index in [1.807, 2.05) is 24.0 Å². The second kappa shape index (κ2) is 9.29. The zero-order chi connectivity index (χ0) is 22.9. The number of thiazole rings is 1. The summed E-state index contributed by atoms with van der Waals surface area (Å²) in [6.45, 7) is 12.3. The summed E-state index contributed by atoms with van der Waals surface area (Å²) in [6.07, 6.45) is 1.39. The third-order valence-electron chi connectivity index (χ3n) is 5.74. The van der Waals surface area contributed by atoms with Crippen LogP contribution >= 0.6 is 11.3 Å². The molecule has 1 saturated heterocycles. The molecule has 2 aliphatic rings. The predicted octanol–water partition coefficient (Wildman–Crippen LogP) is 3.71. The van der Waals surface area contributed by atoms with Gasteiger partial charge in [-0.15, -0.1) is 11.3 Å². The van der Waals surface area contributed by atoms with E-state index in [9.17, 15) is 9.59 Å². The number of aromatic nitrogens is 1. The number of hydrogen-bond donors (Lipinski definition) is 1. The van der Waals surface area contributed by atoms with E-state index < -0.39 is 0 Å². The third-order valence-corrected chi connectivity index (χ3v) is 6.63. The number of benzene rings is 1. The van der Waals surface area contributed by atoms with Crippen LogP contribution in [0.25, 0.3) is 11.3 Å². The topological polar surface area (TPSA) is 74.8 Å². The smallest absolute Gasteiger partial charge is 0.240 e. The van der Waals surface area contributed by atoms with Gasteiger partial charge in [-0.1, -0.05) is 26.8 Å². The summed E-state index contributed by atoms with van der Waals surface area (Å²) in [4.78, 5) is 34.9. The number of nitrogens with one attached hydrogen (secondary N) is 1. The van der Waals surface area contributed by atoms with E-state index in [-0.39, 0.29) is 17.2 Å². The van der Waals surface area contributed by atoms with Gasteiger partial charge in [0.2, 0.25) is 11.8 Å². The highest BCUT2D eigenvalue weighted by Gasteiger charge is 2.28. The van der Waals surface area contributed by atoms with Crippen molar-refractivity contribution < 1.29 is 14.3 Å². The van der Waals surface area contributed by atoms with Crippen molar-refractivity contribution in [3.63, 3.8) is 0 Å². The van der Waals surface area contributed by atoms with Crippen molar-refractivity contribution in [1.29, 1.82) is 0 Å². The van der Waals surface area contributed by atoms with Crippen LogP contribution in [0.5, 0.6) is 0 Å². The molecule has 8 heteroatoms. The minimum absolute atomic E-state index is 0.0277. The largest absolute Gasteiger partial charge is 0.379 e. The Hall–Kier alpha value is -2.29. The number of morpholine rings is 1. The van der Waals surface area contributed by atoms with Crippen LogP contribution in [0.3, 0.4) is 0 Å². The summed E-state index contributed by atoms with van der Waals surface area (Å²) >= 11 is 1.49. The Kier molecular flexibility index (Phi) is 6.65. The van der Waals surface area contributed by atoms with Crippen LogP contribution in [-0.4, -0.2) is 61.1 Å². The molecule has 0 radical (unpaired) electrons. The van der Waals surface area contributed by atoms with Crippen LogP contribution in [0.15, 0.2) is 18.2 Å². The van der Waals surface area contributed by atoms with Gasteiger partial charge >= 0.3 is 0 Å². The molecule has 7 nitrogen and oxygen atoms in total. The fourth-order valence-corrected chi connectivity index (χ4v) is 5.05. The highest BCUT2D eigenvalue weighted by Crippen LogP contribution is 2.36. The first-order chi connectivity index (χ1) is 15.2. The molecule has 2 aliphatic heterocycles. The van der Waals surface area contributed by atoms with Crippen molar-refractivity contribution in [2.75, 3.05) is 49.6 Å². The molecule has 3 heterocycles. The van der Waals surface area contributed by atoms with Crippen molar-refractivity contribution in [1.82, 2.24) is 9.88 Å². The van der Waals surface area contributed by atoms with Crippen molar-refractivity contribution >= 4 is 34.0 Å². The molecule has 0 aliphatic carbocycles. The Morgan fingerprint density at radius 2 is 1.94 bits per heavy atom. The van der Waals surface area contributed by atoms with Crippen LogP contribution in [0.4, 0.5) is 10.8 Å². The van der Waals surface area contributed by atoms with E-state index in [0.717, 1.165) is 47.9 Å². The van der Waals surface area contributed by atoms with Gasteiger partial charge in [0, 0.05) is 42.2 Å². The SMILES string of the molecule is Cc1sc(NC(=O)CN2CCOCC2)nc1-c1ccc2c(c1)CCN2C(=O)CC(C)(C)C. The number of aryl methyl sites for hydroxylation is 1. The molecule has 0 unspecified atom stereocenters. The second-order valence-electron chi connectivity index (χ2n) is 9.74. The molecule has 0 atom stereocenters. The fourth-order valence-electron chi connectivity index (χ4n) is 4.20. The number of anilines is 2. The van der Waals surface area contributed by atoms with Gasteiger partial charge in [0.1, 0.15) is 0 Å². The average molecular weight is 457 g/mol. The first-order valence-corrected chi connectivity index (χ1v) is 12.0. The summed E-state index contributed by atoms with van der Waals surface area (Å²) in [5.74, 6) is 0.133. The molecule has 0 spiro atoms. The van der Waals surface area contributed by atoms with E-state index in [1.54, 1.807) is 0 Å². The first kappa shape index (κ1) is 22.9. The lowest BCUT2D eigenvalue weighted by atomic mass is 9.91. The number of rotatable bonds is 5. The molecule has 172 valence electrons. The summed E-state index contributed by atoms with van der Waals surface area (Å²) in [5, 5.41) is 3.57. The Morgan fingerprint density at radius 1 is 1.19 bits per heavy atom. The Morgan fingerprint density at radius 3 is 2.66 bits per heavy atom. The van der Waals surface area contributed by atoms with Crippen LogP contribution in [0, 0.1) is 12.3 Å². The third kappa shape index (κ3) is 5.36. The lowest BCUT2D eigenvalue weighted by molar-refractivity contribution is -0.120. The van der Waals surface area contributed by atoms with Crippen LogP contribution < -0.4 is 10.2 Å². The van der Waals surface area contributed by atoms with Crippen LogP contribution in [0.2, 0.25) is 0 Å². The Balaban J connectivity index is 1.45. The second-order valence-corrected chi connectivity index (χ2v) is 10.9. The van der Waals surface area contributed by atoms with E-state index >= 15 is 0 Å². The first-order valence-electron chi connectivity index (χ1n) is 11.2. The normalized spacial score (nSPS) is 16.8. The van der Waals surface area contributed by atoms with Gasteiger partial charge in [-0.25, -0.2) is 4.98 Å². The molecule has 2 amide bonds. The highest BCUT2D eigenvalue weighted by molar-refractivity contribution is 7.16. The number of ether oxygens (including phenoxy) is 1. The van der Waals surface area contributed by atoms with Crippen molar-refractivity contribution in [2.45, 2.75) is 40.5 Å². The molecule has 2 aromatic rings. The number of fused-ring (bicyclic) bond motifs is 1. The van der Waals surface area contributed by atoms with E-state index in [1.165, 1.54) is 16.9 Å². The molecule has 0 saturated carbocycles. The molecule has 4 rings (SSSR count). The lowest BCUT2D eigenvalue weighted by Crippen LogP contribution is -2.41. The fraction of sp³-hybridized carbons (Fsp3) is 0.542. The minimum Gasteiger partial charge on any atom is -0.379 e. The summed E-state index contributed by atoms with van der Waals surface area (Å²) in [6, 6.07) is 6.21. The molecule has 0 bridgehead atoms. The minimum atomic E-state index is -0.0471. The number of nitrogens with zero attached hydrogens (tertiary/aromatic N) is 3. The monoisotopic (exact) mass is 456 g/mol. The van der Waals surface area contributed by atoms with E-state index in [0.29, 0.717) is 31.3 Å². The highest BCUT2D eigenvalue weighted by atomic mass is 32.1. The Labute approximate surface area is 193 Å². The molecule has 1 aromatic heterocycles. The van der Waals surface area contributed by atoms with Crippen molar-refractivity contribution in [3.8, 4) is 11.3 Å². The van der Waals surface area contributed by atoms with Gasteiger partial charge in [0.25, 0.3) is 0 Å². The van der Waals surface area contributed by atoms with Crippen LogP contribution in [-0.2, 0) is 20.7 Å². The van der Waals surface area contributed by atoms with Gasteiger partial charge in [-0.2, -0.15) is 0 Å². The average Bonchev–Trinajstić information content (AvgIpc) is 3.30. The maximum absolute atomic E-state index is 12.7. The van der Waals surface area contributed by atoms with Gasteiger partial charge in [0.15, 0.2) is 5.13 Å². The van der Waals surface area contributed by atoms with Gasteiger partial charge in [0.05, 0.1) is 25.5 Å². The molecular formula is C24H32N4O3S. The Bertz CT molecular complexity index is 1010. The number of carbonyl (C=O) groups excluding carboxylic acids is 2. The maximum Gasteiger partial charge on any atom is 0.240 e. The lowest BCUT2D eigenvalue weighted by Gasteiger charge is -2.25. The van der Waals surface area contributed by atoms with Crippen molar-refractivity contribution in [2.24, 2.45) is 5.41 Å². The van der Waals surface area contributed by atoms with Gasteiger partial charge < -0.3 is 15.0 Å². The standard InChI is InChI=1S/C24H32N4O3S/c1-16-22(26-23(32-16)25-20(29)15-27-9-11-31-12-10-27)18-5-6-19-17(13-18)7-8-28(19)21(30)14-24(2,3)4/h5-6,13H,7-12,14-15H2,1-4H3,(H,25,26,29). The predicted molar refractivity (Wildman–Crippen MR) is 128 cm³/mol. The maximum atomic E-state index is 12.7. The summed E-state index contributed by atoms with van der Waals surface area (Å²) < 4.78 is 5.33. The van der Waals surface area contributed by atoms with E-state index in [4.69, 9.17) is 9.72 Å². The van der Waals surface area contributed by atoms with E-state index in [2.05, 4.69) is 37.1 Å². The zero-order valence-corrected chi connectivity index (χ0v) is 20.2. The number of hydrogen-bond acceptors (Lipinski definition) is 6. The summed E-state index contributed by atoms with van der Waals surface area (Å²) in [7, 11) is 0. The van der Waals surface area contributed by atoms with Crippen LogP contribution in [0.1, 0.15) is 37.6 Å². The molecular weight excluding hydrogens is 424 g/mol. The van der Waals surface area contributed by atoms with Gasteiger partial charge in [-0.05, 0) is 36.5 Å². The van der Waals surface area contributed by atoms with Gasteiger partial charge in [-0.3, -0.25) is 14.5 Å². The van der Waals surface area contributed by atoms with Crippen molar-refractivity contribution in [3.05, 3.63) is 28.6 Å². The quantitative estimate of drug-likeness (QED) is 0.742. The zero-order valence-electron chi connectivity index (χ0n) is 19.4.